The molecule has 0 fully saturated rings. The lowest BCUT2D eigenvalue weighted by molar-refractivity contribution is -0.148. The quantitative estimate of drug-likeness (QED) is 0.149. The van der Waals surface area contributed by atoms with Crippen LogP contribution in [0.3, 0.4) is 0 Å². The number of methoxy groups -OCH3 is 2. The predicted octanol–water partition coefficient (Wildman–Crippen LogP) is 5.52. The zero-order valence-electron chi connectivity index (χ0n) is 20.8. The van der Waals surface area contributed by atoms with Gasteiger partial charge in [-0.05, 0) is 71.5 Å². The van der Waals surface area contributed by atoms with E-state index in [9.17, 15) is 22.8 Å². The van der Waals surface area contributed by atoms with Crippen molar-refractivity contribution in [1.82, 2.24) is 9.66 Å². The van der Waals surface area contributed by atoms with Crippen LogP contribution in [0.15, 0.2) is 70.6 Å². The second kappa shape index (κ2) is 11.4. The van der Waals surface area contributed by atoms with Gasteiger partial charge in [-0.3, -0.25) is 4.79 Å². The predicted molar refractivity (Wildman–Crippen MR) is 147 cm³/mol. The van der Waals surface area contributed by atoms with Crippen LogP contribution in [0, 0.1) is 3.57 Å². The summed E-state index contributed by atoms with van der Waals surface area (Å²) in [6.45, 7) is 1.53. The van der Waals surface area contributed by atoms with Gasteiger partial charge < -0.3 is 14.2 Å². The van der Waals surface area contributed by atoms with E-state index in [-0.39, 0.29) is 16.8 Å². The molecule has 12 heteroatoms. The van der Waals surface area contributed by atoms with Crippen molar-refractivity contribution in [2.45, 2.75) is 19.2 Å². The largest absolute Gasteiger partial charge is 0.493 e. The lowest BCUT2D eigenvalue weighted by Gasteiger charge is -2.17. The number of carbonyl (C=O) groups is 1. The molecule has 0 unspecified atom stereocenters. The minimum atomic E-state index is -4.58. The maximum absolute atomic E-state index is 13.4. The van der Waals surface area contributed by atoms with Crippen LogP contribution in [0.2, 0.25) is 0 Å². The highest BCUT2D eigenvalue weighted by Gasteiger charge is 2.31. The lowest BCUT2D eigenvalue weighted by Crippen LogP contribution is -2.25. The summed E-state index contributed by atoms with van der Waals surface area (Å²) in [4.78, 5) is 29.6. The van der Waals surface area contributed by atoms with Gasteiger partial charge in [0.15, 0.2) is 23.4 Å². The zero-order valence-corrected chi connectivity index (χ0v) is 23.0. The number of halogens is 4. The Morgan fingerprint density at radius 2 is 1.85 bits per heavy atom. The number of ether oxygens (including phenoxy) is 3. The molecule has 4 rings (SSSR count). The van der Waals surface area contributed by atoms with E-state index in [0.717, 1.165) is 16.8 Å². The highest BCUT2D eigenvalue weighted by Crippen LogP contribution is 2.35. The smallest absolute Gasteiger partial charge is 0.416 e. The molecule has 0 aliphatic heterocycles. The van der Waals surface area contributed by atoms with E-state index in [4.69, 9.17) is 14.2 Å². The Labute approximate surface area is 234 Å². The molecule has 0 aliphatic rings. The molecule has 0 spiro atoms. The minimum absolute atomic E-state index is 0.0606. The number of fused-ring (bicyclic) bond motifs is 1. The van der Waals surface area contributed by atoms with Gasteiger partial charge in [0.05, 0.1) is 40.5 Å². The Hall–Kier alpha value is -3.94. The number of para-hydroxylation sites is 1. The third-order valence-corrected chi connectivity index (χ3v) is 6.40. The zero-order chi connectivity index (χ0) is 28.3. The Morgan fingerprint density at radius 1 is 1.10 bits per heavy atom. The summed E-state index contributed by atoms with van der Waals surface area (Å²) >= 11 is 2.00. The summed E-state index contributed by atoms with van der Waals surface area (Å²) in [5, 5.41) is 4.55. The molecule has 0 saturated heterocycles. The molecule has 3 aromatic carbocycles. The van der Waals surface area contributed by atoms with E-state index in [2.05, 4.69) is 10.1 Å². The molecular weight excluding hydrogens is 630 g/mol. The van der Waals surface area contributed by atoms with Crippen LogP contribution in [0.1, 0.15) is 18.1 Å². The highest BCUT2D eigenvalue weighted by atomic mass is 127. The molecule has 0 radical (unpaired) electrons. The lowest BCUT2D eigenvalue weighted by atomic mass is 10.1. The number of hydrogen-bond acceptors (Lipinski definition) is 7. The fourth-order valence-corrected chi connectivity index (χ4v) is 4.45. The fourth-order valence-electron chi connectivity index (χ4n) is 3.70. The Kier molecular flexibility index (Phi) is 8.23. The molecule has 0 saturated carbocycles. The summed E-state index contributed by atoms with van der Waals surface area (Å²) in [6, 6.07) is 14.3. The van der Waals surface area contributed by atoms with Crippen LogP contribution in [0.4, 0.5) is 13.2 Å². The average molecular weight is 651 g/mol. The molecule has 0 amide bonds. The van der Waals surface area contributed by atoms with Crippen LogP contribution >= 0.6 is 22.6 Å². The van der Waals surface area contributed by atoms with E-state index in [1.165, 1.54) is 39.5 Å². The molecule has 1 heterocycles. The van der Waals surface area contributed by atoms with E-state index >= 15 is 0 Å². The molecule has 39 heavy (non-hydrogen) atoms. The summed E-state index contributed by atoms with van der Waals surface area (Å²) in [7, 11) is 2.67. The summed E-state index contributed by atoms with van der Waals surface area (Å²) in [5.74, 6) is -0.0260. The number of hydrogen-bond donors (Lipinski definition) is 0. The number of carbonyl (C=O) groups excluding carboxylic acids is 1. The molecule has 0 N–H and O–H groups in total. The molecular formula is C27H21F3IN3O5. The maximum Gasteiger partial charge on any atom is 0.416 e. The van der Waals surface area contributed by atoms with Crippen molar-refractivity contribution in [3.63, 3.8) is 0 Å². The first kappa shape index (κ1) is 28.1. The molecule has 0 bridgehead atoms. The molecule has 202 valence electrons. The van der Waals surface area contributed by atoms with Gasteiger partial charge in [0, 0.05) is 5.56 Å². The van der Waals surface area contributed by atoms with Crippen LogP contribution in [-0.2, 0) is 15.7 Å². The third kappa shape index (κ3) is 6.05. The van der Waals surface area contributed by atoms with Crippen molar-refractivity contribution in [1.29, 1.82) is 0 Å². The van der Waals surface area contributed by atoms with Crippen molar-refractivity contribution in [3.05, 3.63) is 85.7 Å². The number of aromatic nitrogens is 2. The molecule has 1 atom stereocenters. The fraction of sp³-hybridized carbons (Fsp3) is 0.185. The van der Waals surface area contributed by atoms with E-state index in [0.29, 0.717) is 26.1 Å². The van der Waals surface area contributed by atoms with Crippen LogP contribution in [0.5, 0.6) is 11.5 Å². The van der Waals surface area contributed by atoms with Crippen molar-refractivity contribution in [2.75, 3.05) is 14.2 Å². The monoisotopic (exact) mass is 651 g/mol. The number of benzene rings is 3. The van der Waals surface area contributed by atoms with E-state index in [1.54, 1.807) is 36.4 Å². The SMILES string of the molecule is COC(=O)[C@@H](C)Oc1c(I)cc(C=Nn2c(-c3cccc(C(F)(F)F)c3)nc3ccccc3c2=O)cc1OC. The number of alkyl halides is 3. The van der Waals surface area contributed by atoms with Gasteiger partial charge in [-0.15, -0.1) is 0 Å². The first-order valence-corrected chi connectivity index (χ1v) is 12.5. The minimum Gasteiger partial charge on any atom is -0.493 e. The topological polar surface area (TPSA) is 92.0 Å². The van der Waals surface area contributed by atoms with Crippen molar-refractivity contribution >= 4 is 45.7 Å². The molecule has 8 nitrogen and oxygen atoms in total. The van der Waals surface area contributed by atoms with E-state index < -0.39 is 29.4 Å². The van der Waals surface area contributed by atoms with Gasteiger partial charge >= 0.3 is 12.1 Å². The van der Waals surface area contributed by atoms with Crippen molar-refractivity contribution in [2.24, 2.45) is 5.10 Å². The van der Waals surface area contributed by atoms with Crippen molar-refractivity contribution in [3.8, 4) is 22.9 Å². The summed E-state index contributed by atoms with van der Waals surface area (Å²) < 4.78 is 57.6. The molecule has 1 aromatic heterocycles. The Bertz CT molecular complexity index is 1640. The van der Waals surface area contributed by atoms with E-state index in [1.807, 2.05) is 22.6 Å². The van der Waals surface area contributed by atoms with Crippen LogP contribution in [-0.4, -0.2) is 42.2 Å². The van der Waals surface area contributed by atoms with Gasteiger partial charge in [0.2, 0.25) is 0 Å². The number of nitrogens with zero attached hydrogens (tertiary/aromatic N) is 3. The van der Waals surface area contributed by atoms with Crippen LogP contribution < -0.4 is 15.0 Å². The number of rotatable bonds is 7. The Balaban J connectivity index is 1.83. The average Bonchev–Trinajstić information content (AvgIpc) is 2.92. The van der Waals surface area contributed by atoms with Gasteiger partial charge in [-0.25, -0.2) is 9.78 Å². The Morgan fingerprint density at radius 3 is 2.54 bits per heavy atom. The van der Waals surface area contributed by atoms with Gasteiger partial charge in [0.25, 0.3) is 5.56 Å². The third-order valence-electron chi connectivity index (χ3n) is 5.60. The van der Waals surface area contributed by atoms with Crippen molar-refractivity contribution < 1.29 is 32.2 Å². The van der Waals surface area contributed by atoms with Gasteiger partial charge in [-0.2, -0.15) is 22.9 Å². The molecule has 0 aliphatic carbocycles. The first-order chi connectivity index (χ1) is 18.5. The van der Waals surface area contributed by atoms with Gasteiger partial charge in [-0.1, -0.05) is 24.3 Å². The van der Waals surface area contributed by atoms with Crippen LogP contribution in [0.25, 0.3) is 22.3 Å². The highest BCUT2D eigenvalue weighted by molar-refractivity contribution is 14.1. The van der Waals surface area contributed by atoms with Gasteiger partial charge in [0.1, 0.15) is 0 Å². The molecule has 4 aromatic rings. The standard InChI is InChI=1S/C27H21F3IN3O5/c1-15(26(36)38-3)39-23-20(31)11-16(12-22(23)37-2)14-32-34-24(17-7-6-8-18(13-17)27(28,29)30)33-21-10-5-4-9-19(21)25(34)35/h4-15H,1-3H3/t15-/m1/s1. The second-order valence-electron chi connectivity index (χ2n) is 8.21. The maximum atomic E-state index is 13.4. The summed E-state index contributed by atoms with van der Waals surface area (Å²) in [5.41, 5.74) is -0.563. The number of esters is 1. The second-order valence-corrected chi connectivity index (χ2v) is 9.37. The summed E-state index contributed by atoms with van der Waals surface area (Å²) in [6.07, 6.45) is -4.12. The normalized spacial score (nSPS) is 12.5. The first-order valence-electron chi connectivity index (χ1n) is 11.4.